The summed E-state index contributed by atoms with van der Waals surface area (Å²) < 4.78 is 0. The van der Waals surface area contributed by atoms with E-state index in [1.807, 2.05) is 44.4 Å². The zero-order valence-corrected chi connectivity index (χ0v) is 16.3. The normalized spacial score (nSPS) is 12.9. The molecule has 8 nitrogen and oxygen atoms in total. The van der Waals surface area contributed by atoms with Gasteiger partial charge in [0.2, 0.25) is 5.91 Å². The summed E-state index contributed by atoms with van der Waals surface area (Å²) in [7, 11) is 5.35. The molecule has 0 aliphatic rings. The number of hydrogen-bond acceptors (Lipinski definition) is 6. The number of likely N-dealkylation sites (N-methyl/N-ethyl adjacent to an activating group) is 1. The fourth-order valence-corrected chi connectivity index (χ4v) is 2.71. The molecule has 2 unspecified atom stereocenters. The number of nitrogens with one attached hydrogen (secondary N) is 3. The maximum absolute atomic E-state index is 12.6. The second-order valence-corrected chi connectivity index (χ2v) is 6.54. The van der Waals surface area contributed by atoms with E-state index in [9.17, 15) is 14.7 Å². The van der Waals surface area contributed by atoms with Gasteiger partial charge in [0.1, 0.15) is 17.6 Å². The van der Waals surface area contributed by atoms with Gasteiger partial charge in [0.15, 0.2) is 0 Å². The Balaban J connectivity index is 1.84. The fraction of sp³-hybridized carbons (Fsp3) is 0.350. The van der Waals surface area contributed by atoms with Gasteiger partial charge in [-0.05, 0) is 31.8 Å². The molecule has 2 aromatic rings. The van der Waals surface area contributed by atoms with E-state index in [1.165, 1.54) is 0 Å². The van der Waals surface area contributed by atoms with Crippen molar-refractivity contribution in [1.29, 1.82) is 0 Å². The van der Waals surface area contributed by atoms with Crippen molar-refractivity contribution in [2.45, 2.75) is 12.1 Å². The molecule has 28 heavy (non-hydrogen) atoms. The molecule has 1 aromatic carbocycles. The Kier molecular flexibility index (Phi) is 7.91. The van der Waals surface area contributed by atoms with Gasteiger partial charge in [-0.2, -0.15) is 0 Å². The summed E-state index contributed by atoms with van der Waals surface area (Å²) >= 11 is 0. The van der Waals surface area contributed by atoms with E-state index in [1.54, 1.807) is 30.1 Å². The lowest BCUT2D eigenvalue weighted by molar-refractivity contribution is -0.126. The van der Waals surface area contributed by atoms with Crippen LogP contribution >= 0.6 is 0 Å². The molecule has 1 aromatic heterocycles. The van der Waals surface area contributed by atoms with Crippen LogP contribution in [0.25, 0.3) is 0 Å². The van der Waals surface area contributed by atoms with E-state index < -0.39 is 18.1 Å². The van der Waals surface area contributed by atoms with Crippen molar-refractivity contribution in [2.24, 2.45) is 0 Å². The van der Waals surface area contributed by atoms with Gasteiger partial charge in [0.05, 0.1) is 6.10 Å². The number of carbonyl (C=O) groups excluding carboxylic acids is 2. The van der Waals surface area contributed by atoms with Crippen molar-refractivity contribution in [3.63, 3.8) is 0 Å². The van der Waals surface area contributed by atoms with Crippen molar-refractivity contribution in [1.82, 2.24) is 20.5 Å². The first-order valence-electron chi connectivity index (χ1n) is 9.02. The fourth-order valence-electron chi connectivity index (χ4n) is 2.71. The lowest BCUT2D eigenvalue weighted by Gasteiger charge is -2.24. The highest BCUT2D eigenvalue weighted by atomic mass is 16.3. The standard InChI is InChI=1S/C20H27N5O3/c1-21-17-11-7-10-16(24-17)19(27)22-12-15(26)13-23-20(28)18(25(2)3)14-8-5-4-6-9-14/h4-11,15,18,26H,12-13H2,1-3H3,(H,21,24)(H,22,27)(H,23,28). The number of pyridine rings is 1. The van der Waals surface area contributed by atoms with Crippen molar-refractivity contribution < 1.29 is 14.7 Å². The summed E-state index contributed by atoms with van der Waals surface area (Å²) in [6.45, 7) is 0.0306. The molecule has 2 amide bonds. The monoisotopic (exact) mass is 385 g/mol. The summed E-state index contributed by atoms with van der Waals surface area (Å²) in [5.74, 6) is -0.0287. The number of anilines is 1. The molecular weight excluding hydrogens is 358 g/mol. The van der Waals surface area contributed by atoms with Gasteiger partial charge in [-0.1, -0.05) is 36.4 Å². The summed E-state index contributed by atoms with van der Waals surface area (Å²) in [5, 5.41) is 18.3. The predicted octanol–water partition coefficient (Wildman–Crippen LogP) is 0.633. The summed E-state index contributed by atoms with van der Waals surface area (Å²) in [5.41, 5.74) is 1.11. The maximum atomic E-state index is 12.6. The highest BCUT2D eigenvalue weighted by Crippen LogP contribution is 2.17. The second-order valence-electron chi connectivity index (χ2n) is 6.54. The highest BCUT2D eigenvalue weighted by Gasteiger charge is 2.23. The van der Waals surface area contributed by atoms with E-state index in [0.717, 1.165) is 5.56 Å². The summed E-state index contributed by atoms with van der Waals surface area (Å²) in [6, 6.07) is 14.0. The number of nitrogens with zero attached hydrogens (tertiary/aromatic N) is 2. The van der Waals surface area contributed by atoms with Crippen LogP contribution in [-0.4, -0.2) is 67.1 Å². The Morgan fingerprint density at radius 3 is 2.36 bits per heavy atom. The molecule has 0 saturated heterocycles. The highest BCUT2D eigenvalue weighted by molar-refractivity contribution is 5.92. The van der Waals surface area contributed by atoms with E-state index in [0.29, 0.717) is 5.82 Å². The van der Waals surface area contributed by atoms with Crippen molar-refractivity contribution in [3.8, 4) is 0 Å². The second kappa shape index (κ2) is 10.4. The molecule has 2 atom stereocenters. The first kappa shape index (κ1) is 21.3. The number of amides is 2. The number of aromatic nitrogens is 1. The average molecular weight is 385 g/mol. The predicted molar refractivity (Wildman–Crippen MR) is 108 cm³/mol. The molecule has 0 fully saturated rings. The van der Waals surface area contributed by atoms with Gasteiger partial charge in [-0.3, -0.25) is 14.5 Å². The van der Waals surface area contributed by atoms with Crippen LogP contribution in [0.4, 0.5) is 5.82 Å². The quantitative estimate of drug-likeness (QED) is 0.505. The van der Waals surface area contributed by atoms with Crippen LogP contribution in [0.2, 0.25) is 0 Å². The van der Waals surface area contributed by atoms with Gasteiger partial charge in [-0.15, -0.1) is 0 Å². The minimum absolute atomic E-state index is 0.00252. The lowest BCUT2D eigenvalue weighted by atomic mass is 10.1. The summed E-state index contributed by atoms with van der Waals surface area (Å²) in [4.78, 5) is 30.6. The molecule has 150 valence electrons. The maximum Gasteiger partial charge on any atom is 0.270 e. The Hall–Kier alpha value is -2.97. The first-order chi connectivity index (χ1) is 13.4. The number of aliphatic hydroxyl groups is 1. The van der Waals surface area contributed by atoms with E-state index in [-0.39, 0.29) is 24.7 Å². The van der Waals surface area contributed by atoms with Gasteiger partial charge < -0.3 is 21.1 Å². The van der Waals surface area contributed by atoms with E-state index >= 15 is 0 Å². The molecule has 0 saturated carbocycles. The number of aliphatic hydroxyl groups excluding tert-OH is 1. The van der Waals surface area contributed by atoms with Gasteiger partial charge in [-0.25, -0.2) is 4.98 Å². The first-order valence-corrected chi connectivity index (χ1v) is 9.02. The summed E-state index contributed by atoms with van der Waals surface area (Å²) in [6.07, 6.45) is -0.918. The van der Waals surface area contributed by atoms with Crippen molar-refractivity contribution >= 4 is 17.6 Å². The molecule has 0 radical (unpaired) electrons. The van der Waals surface area contributed by atoms with Crippen LogP contribution in [0.15, 0.2) is 48.5 Å². The number of benzene rings is 1. The van der Waals surface area contributed by atoms with Crippen LogP contribution < -0.4 is 16.0 Å². The Bertz CT molecular complexity index is 782. The number of carbonyl (C=O) groups is 2. The molecule has 8 heteroatoms. The van der Waals surface area contributed by atoms with Gasteiger partial charge in [0.25, 0.3) is 5.91 Å². The molecule has 0 aliphatic carbocycles. The van der Waals surface area contributed by atoms with E-state index in [2.05, 4.69) is 20.9 Å². The number of rotatable bonds is 9. The Morgan fingerprint density at radius 1 is 1.04 bits per heavy atom. The average Bonchev–Trinajstić information content (AvgIpc) is 2.71. The van der Waals surface area contributed by atoms with Crippen LogP contribution in [0.1, 0.15) is 22.1 Å². The molecule has 1 heterocycles. The van der Waals surface area contributed by atoms with Crippen LogP contribution in [-0.2, 0) is 4.79 Å². The zero-order valence-electron chi connectivity index (χ0n) is 16.3. The van der Waals surface area contributed by atoms with Crippen molar-refractivity contribution in [3.05, 3.63) is 59.8 Å². The molecule has 4 N–H and O–H groups in total. The van der Waals surface area contributed by atoms with Crippen molar-refractivity contribution in [2.75, 3.05) is 39.5 Å². The smallest absolute Gasteiger partial charge is 0.270 e. The molecule has 0 bridgehead atoms. The van der Waals surface area contributed by atoms with E-state index in [4.69, 9.17) is 0 Å². The van der Waals surface area contributed by atoms with Crippen LogP contribution in [0.3, 0.4) is 0 Å². The zero-order chi connectivity index (χ0) is 20.5. The third-order valence-electron chi connectivity index (χ3n) is 4.13. The third kappa shape index (κ3) is 6.04. The SMILES string of the molecule is CNc1cccc(C(=O)NCC(O)CNC(=O)C(c2ccccc2)N(C)C)n1. The van der Waals surface area contributed by atoms with Crippen LogP contribution in [0.5, 0.6) is 0 Å². The molecule has 2 rings (SSSR count). The number of hydrogen-bond donors (Lipinski definition) is 4. The minimum Gasteiger partial charge on any atom is -0.389 e. The topological polar surface area (TPSA) is 107 Å². The lowest BCUT2D eigenvalue weighted by Crippen LogP contribution is -2.43. The van der Waals surface area contributed by atoms with Gasteiger partial charge >= 0.3 is 0 Å². The Morgan fingerprint density at radius 2 is 1.71 bits per heavy atom. The largest absolute Gasteiger partial charge is 0.389 e. The molecular formula is C20H27N5O3. The molecule has 0 aliphatic heterocycles. The Labute approximate surface area is 165 Å². The van der Waals surface area contributed by atoms with Gasteiger partial charge in [0, 0.05) is 20.1 Å². The third-order valence-corrected chi connectivity index (χ3v) is 4.13. The minimum atomic E-state index is -0.918. The molecule has 0 spiro atoms. The van der Waals surface area contributed by atoms with Crippen LogP contribution in [0, 0.1) is 0 Å².